The highest BCUT2D eigenvalue weighted by Crippen LogP contribution is 2.22. The number of furan rings is 1. The molecule has 1 aliphatic heterocycles. The minimum Gasteiger partial charge on any atom is -0.480 e. The molecule has 1 N–H and O–H groups in total. The van der Waals surface area contributed by atoms with Gasteiger partial charge in [-0.2, -0.15) is 0 Å². The molecule has 0 aliphatic carbocycles. The number of nitrogens with zero attached hydrogens (tertiary/aromatic N) is 1. The Morgan fingerprint density at radius 3 is 2.88 bits per heavy atom. The average molecular weight is 223 g/mol. The van der Waals surface area contributed by atoms with E-state index in [0.717, 1.165) is 12.0 Å². The Morgan fingerprint density at radius 2 is 2.31 bits per heavy atom. The average Bonchev–Trinajstić information content (AvgIpc) is 2.84. The molecule has 1 amide bonds. The van der Waals surface area contributed by atoms with Crippen LogP contribution in [0.25, 0.3) is 0 Å². The summed E-state index contributed by atoms with van der Waals surface area (Å²) >= 11 is 0. The molecule has 0 saturated carbocycles. The Balaban J connectivity index is 2.22. The minimum atomic E-state index is -0.949. The molecular formula is C11H13NO4. The molecule has 1 atom stereocenters. The normalized spacial score (nSPS) is 20.1. The van der Waals surface area contributed by atoms with Crippen LogP contribution < -0.4 is 0 Å². The predicted molar refractivity (Wildman–Crippen MR) is 55.1 cm³/mol. The molecule has 1 aromatic rings. The van der Waals surface area contributed by atoms with E-state index in [1.165, 1.54) is 11.2 Å². The Bertz CT molecular complexity index is 423. The van der Waals surface area contributed by atoms with Gasteiger partial charge in [0.25, 0.3) is 5.91 Å². The van der Waals surface area contributed by atoms with Gasteiger partial charge in [0.05, 0.1) is 6.26 Å². The van der Waals surface area contributed by atoms with E-state index in [9.17, 15) is 9.59 Å². The van der Waals surface area contributed by atoms with Crippen molar-refractivity contribution in [1.82, 2.24) is 4.90 Å². The van der Waals surface area contributed by atoms with Crippen LogP contribution in [0.4, 0.5) is 0 Å². The van der Waals surface area contributed by atoms with Crippen molar-refractivity contribution in [2.24, 2.45) is 0 Å². The second kappa shape index (κ2) is 4.00. The zero-order valence-corrected chi connectivity index (χ0v) is 8.97. The standard InChI is InChI=1S/C11H13NO4/c1-7-4-6-16-9(7)10(13)12-5-2-3-8(12)11(14)15/h4,6,8H,2-3,5H2,1H3,(H,14,15)/t8-/m0/s1. The molecule has 86 valence electrons. The first kappa shape index (κ1) is 10.7. The van der Waals surface area contributed by atoms with Crippen molar-refractivity contribution in [1.29, 1.82) is 0 Å². The van der Waals surface area contributed by atoms with Gasteiger partial charge in [-0.1, -0.05) is 0 Å². The number of rotatable bonds is 2. The Labute approximate surface area is 92.7 Å². The number of carbonyl (C=O) groups excluding carboxylic acids is 1. The molecule has 0 aromatic carbocycles. The number of hydrogen-bond donors (Lipinski definition) is 1. The third-order valence-electron chi connectivity index (χ3n) is 2.86. The molecule has 16 heavy (non-hydrogen) atoms. The first-order valence-electron chi connectivity index (χ1n) is 5.19. The van der Waals surface area contributed by atoms with Crippen LogP contribution in [0.1, 0.15) is 29.0 Å². The van der Waals surface area contributed by atoms with Crippen molar-refractivity contribution in [3.8, 4) is 0 Å². The summed E-state index contributed by atoms with van der Waals surface area (Å²) in [6.45, 7) is 2.25. The van der Waals surface area contributed by atoms with E-state index in [-0.39, 0.29) is 11.7 Å². The maximum absolute atomic E-state index is 12.0. The topological polar surface area (TPSA) is 70.8 Å². The molecule has 0 spiro atoms. The first-order valence-corrected chi connectivity index (χ1v) is 5.19. The monoisotopic (exact) mass is 223 g/mol. The number of carboxylic acid groups (broad SMARTS) is 1. The van der Waals surface area contributed by atoms with Gasteiger partial charge in [0.15, 0.2) is 5.76 Å². The smallest absolute Gasteiger partial charge is 0.326 e. The maximum Gasteiger partial charge on any atom is 0.326 e. The predicted octanol–water partition coefficient (Wildman–Crippen LogP) is 1.28. The molecule has 0 unspecified atom stereocenters. The molecule has 0 bridgehead atoms. The van der Waals surface area contributed by atoms with Crippen LogP contribution >= 0.6 is 0 Å². The molecule has 1 saturated heterocycles. The van der Waals surface area contributed by atoms with Gasteiger partial charge < -0.3 is 14.4 Å². The van der Waals surface area contributed by atoms with E-state index >= 15 is 0 Å². The van der Waals surface area contributed by atoms with Gasteiger partial charge in [-0.15, -0.1) is 0 Å². The second-order valence-electron chi connectivity index (χ2n) is 3.93. The number of amides is 1. The van der Waals surface area contributed by atoms with Gasteiger partial charge in [-0.3, -0.25) is 4.79 Å². The van der Waals surface area contributed by atoms with Crippen LogP contribution in [-0.4, -0.2) is 34.5 Å². The lowest BCUT2D eigenvalue weighted by molar-refractivity contribution is -0.141. The largest absolute Gasteiger partial charge is 0.480 e. The van der Waals surface area contributed by atoms with Crippen LogP contribution in [0.2, 0.25) is 0 Å². The Hall–Kier alpha value is -1.78. The number of hydrogen-bond acceptors (Lipinski definition) is 3. The molecule has 5 nitrogen and oxygen atoms in total. The molecule has 1 fully saturated rings. The lowest BCUT2D eigenvalue weighted by Crippen LogP contribution is -2.40. The van der Waals surface area contributed by atoms with E-state index in [1.807, 2.05) is 0 Å². The Kier molecular flexibility index (Phi) is 2.68. The van der Waals surface area contributed by atoms with Crippen LogP contribution in [0.5, 0.6) is 0 Å². The summed E-state index contributed by atoms with van der Waals surface area (Å²) in [7, 11) is 0. The number of likely N-dealkylation sites (tertiary alicyclic amines) is 1. The van der Waals surface area contributed by atoms with Crippen LogP contribution in [0.15, 0.2) is 16.7 Å². The van der Waals surface area contributed by atoms with E-state index in [2.05, 4.69) is 0 Å². The highest BCUT2D eigenvalue weighted by Gasteiger charge is 2.35. The van der Waals surface area contributed by atoms with Gasteiger partial charge in [-0.05, 0) is 25.8 Å². The van der Waals surface area contributed by atoms with Gasteiger partial charge in [-0.25, -0.2) is 4.79 Å². The summed E-state index contributed by atoms with van der Waals surface area (Å²) < 4.78 is 5.08. The summed E-state index contributed by atoms with van der Waals surface area (Å²) in [4.78, 5) is 24.3. The van der Waals surface area contributed by atoms with Gasteiger partial charge in [0, 0.05) is 12.1 Å². The highest BCUT2D eigenvalue weighted by molar-refractivity contribution is 5.95. The zero-order valence-electron chi connectivity index (χ0n) is 8.97. The fourth-order valence-corrected chi connectivity index (χ4v) is 1.99. The molecule has 2 rings (SSSR count). The Morgan fingerprint density at radius 1 is 1.56 bits per heavy atom. The van der Waals surface area contributed by atoms with Gasteiger partial charge >= 0.3 is 5.97 Å². The van der Waals surface area contributed by atoms with Crippen LogP contribution in [-0.2, 0) is 4.79 Å². The van der Waals surface area contributed by atoms with Crippen LogP contribution in [0.3, 0.4) is 0 Å². The van der Waals surface area contributed by atoms with Gasteiger partial charge in [0.2, 0.25) is 0 Å². The summed E-state index contributed by atoms with van der Waals surface area (Å²) in [5, 5.41) is 8.97. The lowest BCUT2D eigenvalue weighted by Gasteiger charge is -2.20. The number of carboxylic acids is 1. The fraction of sp³-hybridized carbons (Fsp3) is 0.455. The quantitative estimate of drug-likeness (QED) is 0.819. The SMILES string of the molecule is Cc1ccoc1C(=O)N1CCC[C@H]1C(=O)O. The summed E-state index contributed by atoms with van der Waals surface area (Å²) in [6.07, 6.45) is 2.68. The third-order valence-corrected chi connectivity index (χ3v) is 2.86. The third kappa shape index (κ3) is 1.68. The minimum absolute atomic E-state index is 0.244. The van der Waals surface area contributed by atoms with E-state index < -0.39 is 12.0 Å². The van der Waals surface area contributed by atoms with E-state index in [1.54, 1.807) is 13.0 Å². The van der Waals surface area contributed by atoms with E-state index in [0.29, 0.717) is 13.0 Å². The zero-order chi connectivity index (χ0) is 11.7. The maximum atomic E-state index is 12.0. The molecule has 0 radical (unpaired) electrons. The van der Waals surface area contributed by atoms with Gasteiger partial charge in [0.1, 0.15) is 6.04 Å². The van der Waals surface area contributed by atoms with Crippen molar-refractivity contribution >= 4 is 11.9 Å². The van der Waals surface area contributed by atoms with Crippen molar-refractivity contribution in [3.63, 3.8) is 0 Å². The van der Waals surface area contributed by atoms with Crippen molar-refractivity contribution in [2.45, 2.75) is 25.8 Å². The molecule has 5 heteroatoms. The summed E-state index contributed by atoms with van der Waals surface area (Å²) in [5.41, 5.74) is 0.737. The molecule has 1 aromatic heterocycles. The lowest BCUT2D eigenvalue weighted by atomic mass is 10.2. The van der Waals surface area contributed by atoms with Crippen molar-refractivity contribution in [3.05, 3.63) is 23.7 Å². The van der Waals surface area contributed by atoms with Crippen molar-refractivity contribution in [2.75, 3.05) is 6.54 Å². The highest BCUT2D eigenvalue weighted by atomic mass is 16.4. The fourth-order valence-electron chi connectivity index (χ4n) is 1.99. The van der Waals surface area contributed by atoms with Crippen molar-refractivity contribution < 1.29 is 19.1 Å². The van der Waals surface area contributed by atoms with Crippen LogP contribution in [0, 0.1) is 6.92 Å². The number of aryl methyl sites for hydroxylation is 1. The van der Waals surface area contributed by atoms with E-state index in [4.69, 9.17) is 9.52 Å². The number of aliphatic carboxylic acids is 1. The molecular weight excluding hydrogens is 210 g/mol. The summed E-state index contributed by atoms with van der Waals surface area (Å²) in [5.74, 6) is -1.03. The first-order chi connectivity index (χ1) is 7.61. The second-order valence-corrected chi connectivity index (χ2v) is 3.93. The number of carbonyl (C=O) groups is 2. The molecule has 2 heterocycles. The molecule has 1 aliphatic rings. The summed E-state index contributed by atoms with van der Waals surface area (Å²) in [6, 6.07) is 0.982.